The summed E-state index contributed by atoms with van der Waals surface area (Å²) in [6, 6.07) is 4.04. The highest BCUT2D eigenvalue weighted by Gasteiger charge is 2.13. The number of hydrogen-bond donors (Lipinski definition) is 0. The highest BCUT2D eigenvalue weighted by Crippen LogP contribution is 2.34. The fourth-order valence-electron chi connectivity index (χ4n) is 2.80. The van der Waals surface area contributed by atoms with E-state index in [4.69, 9.17) is 0 Å². The van der Waals surface area contributed by atoms with Crippen LogP contribution in [0, 0.1) is 0 Å². The monoisotopic (exact) mass is 340 g/mol. The zero-order valence-electron chi connectivity index (χ0n) is 15.4. The highest BCUT2D eigenvalue weighted by atomic mass is 14.6. The molecule has 2 aromatic heterocycles. The molecule has 0 aliphatic carbocycles. The van der Waals surface area contributed by atoms with Crippen molar-refractivity contribution in [1.29, 1.82) is 0 Å². The largest absolute Gasteiger partial charge is 0.264 e. The van der Waals surface area contributed by atoms with Crippen molar-refractivity contribution in [2.45, 2.75) is 13.8 Å². The Kier molecular flexibility index (Phi) is 7.26. The Bertz CT molecular complexity index is 820. The molecule has 0 aliphatic rings. The first-order valence-corrected chi connectivity index (χ1v) is 8.56. The Morgan fingerprint density at radius 2 is 1.19 bits per heavy atom. The van der Waals surface area contributed by atoms with Gasteiger partial charge in [-0.1, -0.05) is 61.8 Å². The van der Waals surface area contributed by atoms with Crippen molar-refractivity contribution in [3.8, 4) is 11.1 Å². The first-order valence-electron chi connectivity index (χ1n) is 8.56. The summed E-state index contributed by atoms with van der Waals surface area (Å²) in [7, 11) is 0. The summed E-state index contributed by atoms with van der Waals surface area (Å²) >= 11 is 0. The van der Waals surface area contributed by atoms with E-state index < -0.39 is 0 Å². The minimum atomic E-state index is 1.03. The van der Waals surface area contributed by atoms with E-state index in [-0.39, 0.29) is 0 Å². The van der Waals surface area contributed by atoms with Gasteiger partial charge in [0.25, 0.3) is 0 Å². The summed E-state index contributed by atoms with van der Waals surface area (Å²) in [5.41, 5.74) is 6.39. The number of nitrogens with zero attached hydrogens (tertiary/aromatic N) is 2. The SMILES string of the molecule is C=C/C=C(\C=C/C)c1ccncc1-c1cnccc1C(/C=C\C)=C/C=C. The van der Waals surface area contributed by atoms with Crippen molar-refractivity contribution >= 4 is 11.1 Å². The maximum Gasteiger partial charge on any atom is 0.0353 e. The quantitative estimate of drug-likeness (QED) is 0.542. The van der Waals surface area contributed by atoms with Gasteiger partial charge in [-0.05, 0) is 48.3 Å². The van der Waals surface area contributed by atoms with Gasteiger partial charge in [0, 0.05) is 35.9 Å². The minimum Gasteiger partial charge on any atom is -0.264 e. The Balaban J connectivity index is 2.76. The summed E-state index contributed by atoms with van der Waals surface area (Å²) < 4.78 is 0. The molecule has 0 aromatic carbocycles. The third kappa shape index (κ3) is 4.42. The zero-order valence-corrected chi connectivity index (χ0v) is 15.4. The number of aromatic nitrogens is 2. The maximum absolute atomic E-state index is 4.35. The van der Waals surface area contributed by atoms with Crippen LogP contribution < -0.4 is 0 Å². The van der Waals surface area contributed by atoms with Crippen LogP contribution in [-0.4, -0.2) is 9.97 Å². The lowest BCUT2D eigenvalue weighted by Crippen LogP contribution is -1.95. The average molecular weight is 340 g/mol. The fourth-order valence-corrected chi connectivity index (χ4v) is 2.80. The molecule has 2 rings (SSSR count). The molecular formula is C24H24N2. The molecule has 0 spiro atoms. The third-order valence-corrected chi connectivity index (χ3v) is 3.84. The second-order valence-electron chi connectivity index (χ2n) is 5.56. The lowest BCUT2D eigenvalue weighted by atomic mass is 9.91. The van der Waals surface area contributed by atoms with Gasteiger partial charge in [-0.25, -0.2) is 0 Å². The molecule has 0 radical (unpaired) electrons. The molecule has 0 unspecified atom stereocenters. The van der Waals surface area contributed by atoms with Crippen LogP contribution in [0.3, 0.4) is 0 Å². The number of hydrogen-bond acceptors (Lipinski definition) is 2. The zero-order chi connectivity index (χ0) is 18.8. The molecule has 0 saturated carbocycles. The van der Waals surface area contributed by atoms with Crippen LogP contribution in [0.1, 0.15) is 25.0 Å². The van der Waals surface area contributed by atoms with E-state index in [1.807, 2.05) is 75.1 Å². The molecule has 2 heteroatoms. The molecule has 0 saturated heterocycles. The summed E-state index contributed by atoms with van der Waals surface area (Å²) in [5.74, 6) is 0. The molecule has 0 atom stereocenters. The predicted molar refractivity (Wildman–Crippen MR) is 113 cm³/mol. The van der Waals surface area contributed by atoms with Crippen LogP contribution in [0.15, 0.2) is 98.7 Å². The molecule has 2 heterocycles. The lowest BCUT2D eigenvalue weighted by Gasteiger charge is -2.14. The highest BCUT2D eigenvalue weighted by molar-refractivity contribution is 5.91. The molecule has 0 amide bonds. The molecule has 0 fully saturated rings. The van der Waals surface area contributed by atoms with Gasteiger partial charge in [0.15, 0.2) is 0 Å². The maximum atomic E-state index is 4.35. The fraction of sp³-hybridized carbons (Fsp3) is 0.0833. The van der Waals surface area contributed by atoms with Crippen LogP contribution >= 0.6 is 0 Å². The molecule has 2 aromatic rings. The van der Waals surface area contributed by atoms with Crippen molar-refractivity contribution < 1.29 is 0 Å². The van der Waals surface area contributed by atoms with Crippen LogP contribution in [0.25, 0.3) is 22.3 Å². The molecule has 0 aliphatic heterocycles. The topological polar surface area (TPSA) is 25.8 Å². The smallest absolute Gasteiger partial charge is 0.0353 e. The van der Waals surface area contributed by atoms with Crippen LogP contribution in [0.4, 0.5) is 0 Å². The minimum absolute atomic E-state index is 1.03. The van der Waals surface area contributed by atoms with E-state index in [0.29, 0.717) is 0 Å². The van der Waals surface area contributed by atoms with Gasteiger partial charge in [-0.2, -0.15) is 0 Å². The summed E-state index contributed by atoms with van der Waals surface area (Å²) in [4.78, 5) is 8.71. The van der Waals surface area contributed by atoms with Crippen molar-refractivity contribution in [1.82, 2.24) is 9.97 Å². The molecule has 0 N–H and O–H groups in total. The van der Waals surface area contributed by atoms with E-state index in [9.17, 15) is 0 Å². The van der Waals surface area contributed by atoms with E-state index >= 15 is 0 Å². The standard InChI is InChI=1S/C24H24N2/c1-5-9-19(10-6-2)21-13-15-25-17-23(21)24-18-26-16-14-22(24)20(11-7-3)12-8-4/h5-18H,1,3H2,2,4H3/b10-6-,12-8-,19-9+,20-11+. The van der Waals surface area contributed by atoms with Crippen molar-refractivity contribution in [3.05, 3.63) is 110 Å². The Labute approximate surface area is 156 Å². The van der Waals surface area contributed by atoms with E-state index in [2.05, 4.69) is 35.3 Å². The average Bonchev–Trinajstić information content (AvgIpc) is 2.68. The number of rotatable bonds is 7. The molecule has 0 bridgehead atoms. The molecule has 26 heavy (non-hydrogen) atoms. The summed E-state index contributed by atoms with van der Waals surface area (Å²) in [5, 5.41) is 0. The van der Waals surface area contributed by atoms with Gasteiger partial charge in [0.2, 0.25) is 0 Å². The van der Waals surface area contributed by atoms with Gasteiger partial charge in [-0.3, -0.25) is 9.97 Å². The molecule has 130 valence electrons. The van der Waals surface area contributed by atoms with Crippen LogP contribution in [-0.2, 0) is 0 Å². The second kappa shape index (κ2) is 9.90. The van der Waals surface area contributed by atoms with Crippen LogP contribution in [0.2, 0.25) is 0 Å². The van der Waals surface area contributed by atoms with Gasteiger partial charge in [0.1, 0.15) is 0 Å². The van der Waals surface area contributed by atoms with Crippen molar-refractivity contribution in [2.75, 3.05) is 0 Å². The Hall–Kier alpha value is -3.26. The predicted octanol–water partition coefficient (Wildman–Crippen LogP) is 6.43. The first-order chi connectivity index (χ1) is 12.8. The van der Waals surface area contributed by atoms with Crippen LogP contribution in [0.5, 0.6) is 0 Å². The Morgan fingerprint density at radius 1 is 0.769 bits per heavy atom. The van der Waals surface area contributed by atoms with Crippen molar-refractivity contribution in [3.63, 3.8) is 0 Å². The van der Waals surface area contributed by atoms with Crippen molar-refractivity contribution in [2.24, 2.45) is 0 Å². The van der Waals surface area contributed by atoms with E-state index in [1.54, 1.807) is 12.2 Å². The molecule has 2 nitrogen and oxygen atoms in total. The number of pyridine rings is 2. The second-order valence-corrected chi connectivity index (χ2v) is 5.56. The van der Waals surface area contributed by atoms with Gasteiger partial charge in [-0.15, -0.1) is 0 Å². The normalized spacial score (nSPS) is 12.7. The van der Waals surface area contributed by atoms with E-state index in [0.717, 1.165) is 33.4 Å². The van der Waals surface area contributed by atoms with E-state index in [1.165, 1.54) is 0 Å². The summed E-state index contributed by atoms with van der Waals surface area (Å²) in [6.45, 7) is 11.7. The third-order valence-electron chi connectivity index (χ3n) is 3.84. The number of allylic oxidation sites excluding steroid dienone is 10. The van der Waals surface area contributed by atoms with Gasteiger partial charge in [0.05, 0.1) is 0 Å². The lowest BCUT2D eigenvalue weighted by molar-refractivity contribution is 1.28. The summed E-state index contributed by atoms with van der Waals surface area (Å²) in [6.07, 6.45) is 23.2. The molecular weight excluding hydrogens is 316 g/mol. The first kappa shape index (κ1) is 19.1. The van der Waals surface area contributed by atoms with Gasteiger partial charge >= 0.3 is 0 Å². The van der Waals surface area contributed by atoms with Gasteiger partial charge < -0.3 is 0 Å². The Morgan fingerprint density at radius 3 is 1.54 bits per heavy atom.